The van der Waals surface area contributed by atoms with E-state index >= 15 is 0 Å². The maximum atomic E-state index is 12.3. The Hall–Kier alpha value is -2.14. The molecule has 7 heteroatoms. The molecule has 4 N–H and O–H groups in total. The van der Waals surface area contributed by atoms with Crippen LogP contribution in [0.4, 0.5) is 0 Å². The summed E-state index contributed by atoms with van der Waals surface area (Å²) in [5, 5.41) is 21.2. The number of carbonyl (C=O) groups is 1. The standard InChI is InChI=1S/C15H16NO5P/c17-13-9-5-4-8-12(13)10-22(20,21)16-14(15(18)19)11-6-2-1-3-7-11/h1-9,14,17H,10H2,(H,18,19)(H2,16,20,21). The van der Waals surface area contributed by atoms with Gasteiger partial charge in [0.1, 0.15) is 11.8 Å². The second kappa shape index (κ2) is 6.75. The van der Waals surface area contributed by atoms with Crippen molar-refractivity contribution >= 4 is 13.5 Å². The highest BCUT2D eigenvalue weighted by atomic mass is 31.2. The summed E-state index contributed by atoms with van der Waals surface area (Å²) in [6, 6.07) is 13.0. The number of phenols is 1. The quantitative estimate of drug-likeness (QED) is 0.609. The maximum absolute atomic E-state index is 12.3. The third-order valence-corrected chi connectivity index (χ3v) is 4.52. The lowest BCUT2D eigenvalue weighted by Crippen LogP contribution is -2.26. The zero-order valence-corrected chi connectivity index (χ0v) is 12.5. The molecule has 2 atom stereocenters. The van der Waals surface area contributed by atoms with Gasteiger partial charge in [0.25, 0.3) is 7.52 Å². The van der Waals surface area contributed by atoms with E-state index < -0.39 is 19.5 Å². The van der Waals surface area contributed by atoms with Crippen molar-refractivity contribution in [1.82, 2.24) is 5.09 Å². The number of benzene rings is 2. The Morgan fingerprint density at radius 2 is 1.68 bits per heavy atom. The van der Waals surface area contributed by atoms with Crippen LogP contribution in [0.1, 0.15) is 17.2 Å². The van der Waals surface area contributed by atoms with E-state index in [0.717, 1.165) is 0 Å². The molecule has 0 radical (unpaired) electrons. The lowest BCUT2D eigenvalue weighted by atomic mass is 10.1. The van der Waals surface area contributed by atoms with Crippen LogP contribution in [0.15, 0.2) is 54.6 Å². The van der Waals surface area contributed by atoms with Gasteiger partial charge in [0.15, 0.2) is 0 Å². The molecule has 0 aromatic heterocycles. The zero-order valence-electron chi connectivity index (χ0n) is 11.6. The van der Waals surface area contributed by atoms with Gasteiger partial charge >= 0.3 is 5.97 Å². The molecular formula is C15H16NO5P. The van der Waals surface area contributed by atoms with Crippen LogP contribution in [-0.2, 0) is 15.5 Å². The number of aromatic hydroxyl groups is 1. The summed E-state index contributed by atoms with van der Waals surface area (Å²) in [5.41, 5.74) is 0.652. The van der Waals surface area contributed by atoms with Crippen LogP contribution < -0.4 is 5.09 Å². The zero-order chi connectivity index (χ0) is 16.2. The van der Waals surface area contributed by atoms with E-state index in [2.05, 4.69) is 5.09 Å². The van der Waals surface area contributed by atoms with Gasteiger partial charge in [0.2, 0.25) is 0 Å². The van der Waals surface area contributed by atoms with Crippen molar-refractivity contribution in [3.63, 3.8) is 0 Å². The molecule has 0 fully saturated rings. The normalized spacial score (nSPS) is 15.0. The predicted octanol–water partition coefficient (Wildman–Crippen LogP) is 2.49. The molecule has 2 rings (SSSR count). The van der Waals surface area contributed by atoms with Crippen LogP contribution in [0.2, 0.25) is 0 Å². The van der Waals surface area contributed by atoms with Gasteiger partial charge < -0.3 is 15.1 Å². The van der Waals surface area contributed by atoms with Crippen molar-refractivity contribution < 1.29 is 24.5 Å². The van der Waals surface area contributed by atoms with Crippen LogP contribution in [0.25, 0.3) is 0 Å². The number of para-hydroxylation sites is 1. The van der Waals surface area contributed by atoms with Gasteiger partial charge in [-0.15, -0.1) is 0 Å². The van der Waals surface area contributed by atoms with E-state index in [0.29, 0.717) is 5.56 Å². The molecule has 22 heavy (non-hydrogen) atoms. The molecular weight excluding hydrogens is 305 g/mol. The molecule has 116 valence electrons. The van der Waals surface area contributed by atoms with Crippen molar-refractivity contribution in [2.24, 2.45) is 0 Å². The molecule has 0 aliphatic heterocycles. The number of aliphatic carboxylic acids is 1. The Balaban J connectivity index is 2.20. The smallest absolute Gasteiger partial charge is 0.325 e. The van der Waals surface area contributed by atoms with Gasteiger partial charge in [-0.1, -0.05) is 48.5 Å². The topological polar surface area (TPSA) is 107 Å². The van der Waals surface area contributed by atoms with E-state index in [4.69, 9.17) is 0 Å². The number of nitrogens with one attached hydrogen (secondary N) is 1. The van der Waals surface area contributed by atoms with Crippen LogP contribution in [0.5, 0.6) is 5.75 Å². The number of rotatable bonds is 6. The second-order valence-corrected chi connectivity index (χ2v) is 6.78. The van der Waals surface area contributed by atoms with Crippen LogP contribution in [0, 0.1) is 0 Å². The minimum absolute atomic E-state index is 0.106. The first kappa shape index (κ1) is 16.2. The average Bonchev–Trinajstić information content (AvgIpc) is 2.48. The number of carboxylic acid groups (broad SMARTS) is 1. The SMILES string of the molecule is O=C(O)C(NP(=O)(O)Cc1ccccc1O)c1ccccc1. The third kappa shape index (κ3) is 4.18. The minimum Gasteiger partial charge on any atom is -0.508 e. The fourth-order valence-electron chi connectivity index (χ4n) is 2.04. The molecule has 2 aromatic carbocycles. The summed E-state index contributed by atoms with van der Waals surface area (Å²) in [6.45, 7) is 0. The van der Waals surface area contributed by atoms with E-state index in [9.17, 15) is 24.5 Å². The molecule has 2 unspecified atom stereocenters. The predicted molar refractivity (Wildman–Crippen MR) is 81.6 cm³/mol. The summed E-state index contributed by atoms with van der Waals surface area (Å²) < 4.78 is 12.3. The summed E-state index contributed by atoms with van der Waals surface area (Å²) in [7, 11) is -4.01. The van der Waals surface area contributed by atoms with Gasteiger partial charge in [-0.05, 0) is 11.6 Å². The Morgan fingerprint density at radius 3 is 2.27 bits per heavy atom. The lowest BCUT2D eigenvalue weighted by molar-refractivity contribution is -0.139. The van der Waals surface area contributed by atoms with Gasteiger partial charge in [-0.25, -0.2) is 5.09 Å². The first-order chi connectivity index (χ1) is 10.4. The van der Waals surface area contributed by atoms with Crippen LogP contribution in [-0.4, -0.2) is 21.1 Å². The molecule has 0 heterocycles. The molecule has 0 bridgehead atoms. The molecule has 6 nitrogen and oxygen atoms in total. The molecule has 0 saturated carbocycles. The van der Waals surface area contributed by atoms with Gasteiger partial charge in [0.05, 0.1) is 6.16 Å². The number of carboxylic acids is 1. The number of phenolic OH excluding ortho intramolecular Hbond substituents is 1. The third-order valence-electron chi connectivity index (χ3n) is 3.09. The minimum atomic E-state index is -4.01. The molecule has 0 amide bonds. The fourth-order valence-corrected chi connectivity index (χ4v) is 3.52. The highest BCUT2D eigenvalue weighted by molar-refractivity contribution is 7.55. The second-order valence-electron chi connectivity index (χ2n) is 4.80. The van der Waals surface area contributed by atoms with Gasteiger partial charge in [-0.2, -0.15) is 0 Å². The Bertz CT molecular complexity index is 704. The van der Waals surface area contributed by atoms with Gasteiger partial charge in [-0.3, -0.25) is 9.36 Å². The molecule has 0 saturated heterocycles. The number of hydrogen-bond donors (Lipinski definition) is 4. The van der Waals surface area contributed by atoms with Crippen molar-refractivity contribution in [2.75, 3.05) is 0 Å². The van der Waals surface area contributed by atoms with Crippen LogP contribution in [0.3, 0.4) is 0 Å². The average molecular weight is 321 g/mol. The van der Waals surface area contributed by atoms with E-state index in [-0.39, 0.29) is 17.5 Å². The Kier molecular flexibility index (Phi) is 4.98. The summed E-state index contributed by atoms with van der Waals surface area (Å²) >= 11 is 0. The maximum Gasteiger partial charge on any atom is 0.325 e. The van der Waals surface area contributed by atoms with Crippen molar-refractivity contribution in [3.8, 4) is 5.75 Å². The summed E-state index contributed by atoms with van der Waals surface area (Å²) in [6.07, 6.45) is -0.365. The molecule has 2 aromatic rings. The van der Waals surface area contributed by atoms with Crippen molar-refractivity contribution in [3.05, 3.63) is 65.7 Å². The van der Waals surface area contributed by atoms with E-state index in [1.165, 1.54) is 12.1 Å². The summed E-state index contributed by atoms with van der Waals surface area (Å²) in [4.78, 5) is 21.4. The Labute approximate surface area is 127 Å². The molecule has 0 aliphatic rings. The molecule has 0 aliphatic carbocycles. The fraction of sp³-hybridized carbons (Fsp3) is 0.133. The van der Waals surface area contributed by atoms with Crippen molar-refractivity contribution in [2.45, 2.75) is 12.2 Å². The first-order valence-corrected chi connectivity index (χ1v) is 8.38. The summed E-state index contributed by atoms with van der Waals surface area (Å²) in [5.74, 6) is -1.36. The van der Waals surface area contributed by atoms with Gasteiger partial charge in [0, 0.05) is 5.56 Å². The first-order valence-electron chi connectivity index (χ1n) is 6.53. The van der Waals surface area contributed by atoms with Crippen molar-refractivity contribution in [1.29, 1.82) is 0 Å². The highest BCUT2D eigenvalue weighted by Gasteiger charge is 2.29. The monoisotopic (exact) mass is 321 g/mol. The van der Waals surface area contributed by atoms with E-state index in [1.807, 2.05) is 0 Å². The lowest BCUT2D eigenvalue weighted by Gasteiger charge is -2.20. The van der Waals surface area contributed by atoms with E-state index in [1.54, 1.807) is 42.5 Å². The Morgan fingerprint density at radius 1 is 1.09 bits per heavy atom. The largest absolute Gasteiger partial charge is 0.508 e. The number of hydrogen-bond acceptors (Lipinski definition) is 3. The van der Waals surface area contributed by atoms with Crippen LogP contribution >= 0.6 is 7.52 Å². The highest BCUT2D eigenvalue weighted by Crippen LogP contribution is 2.44. The molecule has 0 spiro atoms.